The number of nitriles is 1. The number of nitrogens with zero attached hydrogens (tertiary/aromatic N) is 3. The van der Waals surface area contributed by atoms with E-state index in [0.717, 1.165) is 22.4 Å². The van der Waals surface area contributed by atoms with Crippen LogP contribution in [-0.2, 0) is 4.79 Å². The lowest BCUT2D eigenvalue weighted by molar-refractivity contribution is -0.117. The first kappa shape index (κ1) is 19.9. The summed E-state index contributed by atoms with van der Waals surface area (Å²) in [5, 5.41) is 13.7. The average Bonchev–Trinajstić information content (AvgIpc) is 2.73. The van der Waals surface area contributed by atoms with Crippen LogP contribution in [0, 0.1) is 18.3 Å². The number of aryl methyl sites for hydroxylation is 1. The predicted molar refractivity (Wildman–Crippen MR) is 117 cm³/mol. The van der Waals surface area contributed by atoms with E-state index in [9.17, 15) is 10.1 Å². The topological polar surface area (TPSA) is 73.4 Å². The number of nitrogens with two attached hydrogens (primary N) is 1. The Hall–Kier alpha value is -3.36. The van der Waals surface area contributed by atoms with Crippen molar-refractivity contribution in [3.63, 3.8) is 0 Å². The maximum Gasteiger partial charge on any atom is 0.162 e. The Morgan fingerprint density at radius 2 is 1.70 bits per heavy atom. The van der Waals surface area contributed by atoms with E-state index in [-0.39, 0.29) is 11.7 Å². The van der Waals surface area contributed by atoms with Gasteiger partial charge in [-0.2, -0.15) is 5.26 Å². The van der Waals surface area contributed by atoms with Gasteiger partial charge in [-0.25, -0.2) is 5.01 Å². The molecule has 2 aromatic carbocycles. The molecule has 0 fully saturated rings. The summed E-state index contributed by atoms with van der Waals surface area (Å²) in [6.45, 7) is 2.02. The first-order valence-corrected chi connectivity index (χ1v) is 10.2. The molecule has 0 spiro atoms. The highest BCUT2D eigenvalue weighted by Crippen LogP contribution is 2.48. The fraction of sp³-hybridized carbons (Fsp3) is 0.280. The molecule has 2 atom stereocenters. The van der Waals surface area contributed by atoms with E-state index in [0.29, 0.717) is 29.8 Å². The third-order valence-electron chi connectivity index (χ3n) is 6.02. The Kier molecular flexibility index (Phi) is 5.19. The normalized spacial score (nSPS) is 21.7. The van der Waals surface area contributed by atoms with Crippen LogP contribution >= 0.6 is 0 Å². The van der Waals surface area contributed by atoms with Crippen LogP contribution in [0.25, 0.3) is 0 Å². The molecule has 2 aliphatic rings. The Balaban J connectivity index is 1.89. The van der Waals surface area contributed by atoms with E-state index in [1.165, 1.54) is 0 Å². The molecule has 0 bridgehead atoms. The maximum atomic E-state index is 13.5. The fourth-order valence-corrected chi connectivity index (χ4v) is 4.62. The van der Waals surface area contributed by atoms with E-state index in [1.807, 2.05) is 73.5 Å². The second-order valence-corrected chi connectivity index (χ2v) is 8.21. The Labute approximate surface area is 177 Å². The van der Waals surface area contributed by atoms with Gasteiger partial charge in [0, 0.05) is 31.8 Å². The third-order valence-corrected chi connectivity index (χ3v) is 6.02. The Bertz CT molecular complexity index is 1070. The van der Waals surface area contributed by atoms with Gasteiger partial charge < -0.3 is 5.73 Å². The van der Waals surface area contributed by atoms with Crippen molar-refractivity contribution in [1.29, 1.82) is 5.26 Å². The summed E-state index contributed by atoms with van der Waals surface area (Å²) in [6, 6.07) is 20.5. The monoisotopic (exact) mass is 398 g/mol. The zero-order valence-corrected chi connectivity index (χ0v) is 17.6. The highest BCUT2D eigenvalue weighted by Gasteiger charge is 2.43. The van der Waals surface area contributed by atoms with Crippen LogP contribution in [0.5, 0.6) is 0 Å². The highest BCUT2D eigenvalue weighted by atomic mass is 16.1. The molecule has 4 rings (SSSR count). The molecular weight excluding hydrogens is 372 g/mol. The van der Waals surface area contributed by atoms with Crippen molar-refractivity contribution in [2.45, 2.75) is 31.6 Å². The summed E-state index contributed by atoms with van der Waals surface area (Å²) in [5.41, 5.74) is 11.8. The third kappa shape index (κ3) is 3.30. The van der Waals surface area contributed by atoms with Crippen LogP contribution in [0.3, 0.4) is 0 Å². The molecule has 5 nitrogen and oxygen atoms in total. The van der Waals surface area contributed by atoms with Crippen LogP contribution < -0.4 is 5.73 Å². The van der Waals surface area contributed by atoms with Crippen molar-refractivity contribution in [1.82, 2.24) is 10.0 Å². The average molecular weight is 399 g/mol. The smallest absolute Gasteiger partial charge is 0.162 e. The zero-order valence-electron chi connectivity index (χ0n) is 17.6. The molecule has 0 amide bonds. The first-order chi connectivity index (χ1) is 14.4. The molecule has 2 aromatic rings. The van der Waals surface area contributed by atoms with Crippen molar-refractivity contribution in [3.05, 3.63) is 94.0 Å². The summed E-state index contributed by atoms with van der Waals surface area (Å²) in [4.78, 5) is 13.5. The van der Waals surface area contributed by atoms with Crippen molar-refractivity contribution < 1.29 is 4.79 Å². The van der Waals surface area contributed by atoms with E-state index >= 15 is 0 Å². The van der Waals surface area contributed by atoms with Crippen LogP contribution in [0.4, 0.5) is 0 Å². The van der Waals surface area contributed by atoms with E-state index in [4.69, 9.17) is 5.73 Å². The lowest BCUT2D eigenvalue weighted by Gasteiger charge is -2.43. The summed E-state index contributed by atoms with van der Waals surface area (Å²) in [7, 11) is 3.77. The molecule has 1 heterocycles. The minimum atomic E-state index is -0.425. The van der Waals surface area contributed by atoms with Gasteiger partial charge in [0.15, 0.2) is 5.78 Å². The molecule has 30 heavy (non-hydrogen) atoms. The number of ketones is 1. The molecular formula is C25H26N4O. The number of hydrogen-bond donors (Lipinski definition) is 1. The number of Topliss-reactive ketones (excluding diaryl/α,β-unsaturated/α-hetero) is 1. The van der Waals surface area contributed by atoms with Gasteiger partial charge in [-0.3, -0.25) is 9.80 Å². The summed E-state index contributed by atoms with van der Waals surface area (Å²) in [5.74, 6) is 0.150. The number of carbonyl (C=O) groups excluding carboxylic acids is 1. The first-order valence-electron chi connectivity index (χ1n) is 10.2. The van der Waals surface area contributed by atoms with Gasteiger partial charge >= 0.3 is 0 Å². The molecule has 5 heteroatoms. The number of hydrazine groups is 1. The Morgan fingerprint density at radius 3 is 2.30 bits per heavy atom. The minimum Gasteiger partial charge on any atom is -0.383 e. The SMILES string of the molecule is Cc1ccc([C@H]2C(C#N)=C(N)N(N(C)C)C3=C2C(=O)C[C@@H](c2ccccc2)C3)cc1. The number of benzene rings is 2. The van der Waals surface area contributed by atoms with Crippen LogP contribution in [-0.4, -0.2) is 29.9 Å². The Morgan fingerprint density at radius 1 is 1.03 bits per heavy atom. The van der Waals surface area contributed by atoms with Crippen LogP contribution in [0.2, 0.25) is 0 Å². The highest BCUT2D eigenvalue weighted by molar-refractivity contribution is 6.00. The number of allylic oxidation sites excluding steroid dienone is 3. The van der Waals surface area contributed by atoms with E-state index < -0.39 is 5.92 Å². The van der Waals surface area contributed by atoms with Gasteiger partial charge in [-0.15, -0.1) is 0 Å². The van der Waals surface area contributed by atoms with E-state index in [1.54, 1.807) is 0 Å². The van der Waals surface area contributed by atoms with Crippen molar-refractivity contribution in [2.75, 3.05) is 14.1 Å². The molecule has 0 unspecified atom stereocenters. The molecule has 2 N–H and O–H groups in total. The molecule has 152 valence electrons. The zero-order chi connectivity index (χ0) is 21.4. The van der Waals surface area contributed by atoms with Gasteiger partial charge in [0.25, 0.3) is 0 Å². The fourth-order valence-electron chi connectivity index (χ4n) is 4.62. The second kappa shape index (κ2) is 7.81. The second-order valence-electron chi connectivity index (χ2n) is 8.21. The number of rotatable bonds is 3. The molecule has 0 radical (unpaired) electrons. The van der Waals surface area contributed by atoms with Gasteiger partial charge in [-0.1, -0.05) is 60.2 Å². The lowest BCUT2D eigenvalue weighted by atomic mass is 9.72. The molecule has 0 saturated carbocycles. The predicted octanol–water partition coefficient (Wildman–Crippen LogP) is 3.97. The van der Waals surface area contributed by atoms with Crippen LogP contribution in [0.15, 0.2) is 77.3 Å². The number of carbonyl (C=O) groups is 1. The summed E-state index contributed by atoms with van der Waals surface area (Å²) in [6.07, 6.45) is 1.14. The molecule has 1 aliphatic heterocycles. The lowest BCUT2D eigenvalue weighted by Crippen LogP contribution is -2.46. The standard InChI is InChI=1S/C25H26N4O/c1-16-9-11-18(12-10-16)23-20(15-26)25(27)29(28(2)3)21-13-19(14-22(30)24(21)23)17-7-5-4-6-8-17/h4-12,19,23H,13-14,27H2,1-3H3/t19-,23-/m0/s1. The number of hydrogen-bond acceptors (Lipinski definition) is 5. The van der Waals surface area contributed by atoms with Crippen molar-refractivity contribution >= 4 is 5.78 Å². The van der Waals surface area contributed by atoms with Gasteiger partial charge in [0.2, 0.25) is 0 Å². The maximum absolute atomic E-state index is 13.5. The largest absolute Gasteiger partial charge is 0.383 e. The van der Waals surface area contributed by atoms with Gasteiger partial charge in [0.1, 0.15) is 5.82 Å². The van der Waals surface area contributed by atoms with Gasteiger partial charge in [-0.05, 0) is 30.4 Å². The van der Waals surface area contributed by atoms with Crippen LogP contribution in [0.1, 0.15) is 41.4 Å². The molecule has 0 saturated heterocycles. The van der Waals surface area contributed by atoms with E-state index in [2.05, 4.69) is 18.2 Å². The van der Waals surface area contributed by atoms with Gasteiger partial charge in [0.05, 0.1) is 17.6 Å². The molecule has 1 aliphatic carbocycles. The van der Waals surface area contributed by atoms with Crippen molar-refractivity contribution in [2.24, 2.45) is 5.73 Å². The molecule has 0 aromatic heterocycles. The minimum absolute atomic E-state index is 0.0859. The summed E-state index contributed by atoms with van der Waals surface area (Å²) < 4.78 is 0. The van der Waals surface area contributed by atoms with Crippen molar-refractivity contribution in [3.8, 4) is 6.07 Å². The quantitative estimate of drug-likeness (QED) is 0.847. The summed E-state index contributed by atoms with van der Waals surface area (Å²) >= 11 is 0.